The fourth-order valence-corrected chi connectivity index (χ4v) is 2.72. The standard InChI is InChI=1S/C15H21N3OS/c1-11(19)16-13-7-9-14(10-8-13)18-15(20)17-12-5-3-2-4-6-12/h7-10,12H,2-6H2,1H3,(H,16,19)(H2,17,18,20). The monoisotopic (exact) mass is 291 g/mol. The van der Waals surface area contributed by atoms with Crippen LogP contribution in [0.5, 0.6) is 0 Å². The minimum absolute atomic E-state index is 0.0693. The van der Waals surface area contributed by atoms with Gasteiger partial charge in [0.25, 0.3) is 0 Å². The molecule has 0 radical (unpaired) electrons. The maximum atomic E-state index is 10.9. The highest BCUT2D eigenvalue weighted by molar-refractivity contribution is 7.80. The van der Waals surface area contributed by atoms with Crippen LogP contribution in [0.2, 0.25) is 0 Å². The van der Waals surface area contributed by atoms with Crippen LogP contribution in [0.25, 0.3) is 0 Å². The highest BCUT2D eigenvalue weighted by Crippen LogP contribution is 2.18. The van der Waals surface area contributed by atoms with E-state index < -0.39 is 0 Å². The molecule has 1 aromatic rings. The van der Waals surface area contributed by atoms with Crippen LogP contribution in [0.3, 0.4) is 0 Å². The minimum Gasteiger partial charge on any atom is -0.360 e. The number of hydrogen-bond acceptors (Lipinski definition) is 2. The zero-order valence-corrected chi connectivity index (χ0v) is 12.6. The van der Waals surface area contributed by atoms with Gasteiger partial charge in [-0.2, -0.15) is 0 Å². The Morgan fingerprint density at radius 3 is 2.15 bits per heavy atom. The third kappa shape index (κ3) is 4.81. The number of carbonyl (C=O) groups is 1. The molecule has 5 heteroatoms. The molecule has 4 nitrogen and oxygen atoms in total. The van der Waals surface area contributed by atoms with E-state index in [9.17, 15) is 4.79 Å². The molecule has 0 bridgehead atoms. The van der Waals surface area contributed by atoms with Crippen LogP contribution in [0, 0.1) is 0 Å². The van der Waals surface area contributed by atoms with E-state index in [4.69, 9.17) is 12.2 Å². The van der Waals surface area contributed by atoms with Gasteiger partial charge in [0.15, 0.2) is 5.11 Å². The van der Waals surface area contributed by atoms with Crippen molar-refractivity contribution in [3.8, 4) is 0 Å². The molecule has 108 valence electrons. The largest absolute Gasteiger partial charge is 0.360 e. The van der Waals surface area contributed by atoms with Crippen LogP contribution in [-0.4, -0.2) is 17.1 Å². The van der Waals surface area contributed by atoms with E-state index in [0.717, 1.165) is 11.4 Å². The van der Waals surface area contributed by atoms with Gasteiger partial charge in [-0.1, -0.05) is 19.3 Å². The molecular weight excluding hydrogens is 270 g/mol. The van der Waals surface area contributed by atoms with Crippen molar-refractivity contribution in [2.45, 2.75) is 45.1 Å². The van der Waals surface area contributed by atoms with Gasteiger partial charge in [-0.15, -0.1) is 0 Å². The Kier molecular flexibility index (Phi) is 5.35. The van der Waals surface area contributed by atoms with Crippen molar-refractivity contribution in [3.63, 3.8) is 0 Å². The maximum Gasteiger partial charge on any atom is 0.221 e. The average molecular weight is 291 g/mol. The third-order valence-corrected chi connectivity index (χ3v) is 3.62. The van der Waals surface area contributed by atoms with E-state index in [1.54, 1.807) is 0 Å². The van der Waals surface area contributed by atoms with Crippen molar-refractivity contribution < 1.29 is 4.79 Å². The highest BCUT2D eigenvalue weighted by Gasteiger charge is 2.13. The van der Waals surface area contributed by atoms with Crippen LogP contribution in [0.15, 0.2) is 24.3 Å². The number of anilines is 2. The smallest absolute Gasteiger partial charge is 0.221 e. The van der Waals surface area contributed by atoms with E-state index in [0.29, 0.717) is 11.2 Å². The van der Waals surface area contributed by atoms with Gasteiger partial charge in [0.2, 0.25) is 5.91 Å². The van der Waals surface area contributed by atoms with Crippen molar-refractivity contribution in [3.05, 3.63) is 24.3 Å². The predicted octanol–water partition coefficient (Wildman–Crippen LogP) is 3.26. The summed E-state index contributed by atoms with van der Waals surface area (Å²) in [4.78, 5) is 10.9. The summed E-state index contributed by atoms with van der Waals surface area (Å²) in [5.74, 6) is -0.0693. The van der Waals surface area contributed by atoms with Crippen molar-refractivity contribution in [1.29, 1.82) is 0 Å². The lowest BCUT2D eigenvalue weighted by atomic mass is 9.96. The molecule has 0 unspecified atom stereocenters. The SMILES string of the molecule is CC(=O)Nc1ccc(NC(=S)NC2CCCCC2)cc1. The predicted molar refractivity (Wildman–Crippen MR) is 87.0 cm³/mol. The molecule has 1 aliphatic carbocycles. The lowest BCUT2D eigenvalue weighted by Gasteiger charge is -2.24. The zero-order chi connectivity index (χ0) is 14.4. The molecule has 1 aromatic carbocycles. The van der Waals surface area contributed by atoms with Crippen molar-refractivity contribution in [2.75, 3.05) is 10.6 Å². The van der Waals surface area contributed by atoms with E-state index in [1.807, 2.05) is 24.3 Å². The molecule has 1 saturated carbocycles. The molecule has 0 heterocycles. The summed E-state index contributed by atoms with van der Waals surface area (Å²) in [5.41, 5.74) is 1.71. The molecular formula is C15H21N3OS. The molecule has 20 heavy (non-hydrogen) atoms. The lowest BCUT2D eigenvalue weighted by Crippen LogP contribution is -2.38. The Bertz CT molecular complexity index is 467. The maximum absolute atomic E-state index is 10.9. The van der Waals surface area contributed by atoms with Gasteiger partial charge in [0, 0.05) is 24.3 Å². The summed E-state index contributed by atoms with van der Waals surface area (Å²) in [6.45, 7) is 1.50. The second kappa shape index (κ2) is 7.24. The lowest BCUT2D eigenvalue weighted by molar-refractivity contribution is -0.114. The van der Waals surface area contributed by atoms with Gasteiger partial charge >= 0.3 is 0 Å². The van der Waals surface area contributed by atoms with Gasteiger partial charge in [0.05, 0.1) is 0 Å². The first-order valence-corrected chi connectivity index (χ1v) is 7.49. The second-order valence-electron chi connectivity index (χ2n) is 5.19. The Labute approximate surface area is 125 Å². The molecule has 0 aromatic heterocycles. The van der Waals surface area contributed by atoms with Gasteiger partial charge in [-0.3, -0.25) is 4.79 Å². The third-order valence-electron chi connectivity index (χ3n) is 3.40. The van der Waals surface area contributed by atoms with Crippen molar-refractivity contribution >= 4 is 34.6 Å². The Morgan fingerprint density at radius 2 is 1.60 bits per heavy atom. The number of benzene rings is 1. The molecule has 0 saturated heterocycles. The highest BCUT2D eigenvalue weighted by atomic mass is 32.1. The Balaban J connectivity index is 1.82. The van der Waals surface area contributed by atoms with Gasteiger partial charge < -0.3 is 16.0 Å². The van der Waals surface area contributed by atoms with E-state index in [2.05, 4.69) is 16.0 Å². The summed E-state index contributed by atoms with van der Waals surface area (Å²) in [5, 5.41) is 9.95. The number of hydrogen-bond donors (Lipinski definition) is 3. The van der Waals surface area contributed by atoms with E-state index in [-0.39, 0.29) is 5.91 Å². The summed E-state index contributed by atoms with van der Waals surface area (Å²) in [6.07, 6.45) is 6.30. The van der Waals surface area contributed by atoms with Crippen molar-refractivity contribution in [1.82, 2.24) is 5.32 Å². The van der Waals surface area contributed by atoms with Gasteiger partial charge in [-0.25, -0.2) is 0 Å². The first-order chi connectivity index (χ1) is 9.63. The fourth-order valence-electron chi connectivity index (χ4n) is 2.44. The summed E-state index contributed by atoms with van der Waals surface area (Å²) in [7, 11) is 0. The van der Waals surface area contributed by atoms with E-state index >= 15 is 0 Å². The summed E-state index contributed by atoms with van der Waals surface area (Å²) in [6, 6.07) is 8.02. The number of rotatable bonds is 3. The van der Waals surface area contributed by atoms with Gasteiger partial charge in [0.1, 0.15) is 0 Å². The van der Waals surface area contributed by atoms with Crippen LogP contribution in [-0.2, 0) is 4.79 Å². The van der Waals surface area contributed by atoms with Crippen LogP contribution >= 0.6 is 12.2 Å². The molecule has 0 spiro atoms. The summed E-state index contributed by atoms with van der Waals surface area (Å²) >= 11 is 5.33. The fraction of sp³-hybridized carbons (Fsp3) is 0.467. The van der Waals surface area contributed by atoms with Crippen LogP contribution in [0.4, 0.5) is 11.4 Å². The Morgan fingerprint density at radius 1 is 1.05 bits per heavy atom. The first-order valence-electron chi connectivity index (χ1n) is 7.08. The number of carbonyl (C=O) groups excluding carboxylic acids is 1. The average Bonchev–Trinajstić information content (AvgIpc) is 2.41. The molecule has 0 atom stereocenters. The molecule has 1 amide bonds. The topological polar surface area (TPSA) is 53.2 Å². The van der Waals surface area contributed by atoms with Crippen molar-refractivity contribution in [2.24, 2.45) is 0 Å². The van der Waals surface area contributed by atoms with E-state index in [1.165, 1.54) is 39.0 Å². The molecule has 2 rings (SSSR count). The quantitative estimate of drug-likeness (QED) is 0.748. The minimum atomic E-state index is -0.0693. The Hall–Kier alpha value is -1.62. The molecule has 3 N–H and O–H groups in total. The van der Waals surface area contributed by atoms with Crippen LogP contribution in [0.1, 0.15) is 39.0 Å². The molecule has 1 aliphatic rings. The number of nitrogens with one attached hydrogen (secondary N) is 3. The van der Waals surface area contributed by atoms with Crippen LogP contribution < -0.4 is 16.0 Å². The number of amides is 1. The zero-order valence-electron chi connectivity index (χ0n) is 11.7. The second-order valence-corrected chi connectivity index (χ2v) is 5.60. The first kappa shape index (κ1) is 14.8. The number of thiocarbonyl (C=S) groups is 1. The summed E-state index contributed by atoms with van der Waals surface area (Å²) < 4.78 is 0. The normalized spacial score (nSPS) is 15.4. The molecule has 1 fully saturated rings. The molecule has 0 aliphatic heterocycles. The van der Waals surface area contributed by atoms with Gasteiger partial charge in [-0.05, 0) is 49.3 Å².